The number of nitrogens with one attached hydrogen (secondary N) is 1. The average molecular weight is 445 g/mol. The van der Waals surface area contributed by atoms with Crippen LogP contribution in [0.4, 0.5) is 24.5 Å². The molecule has 6 nitrogen and oxygen atoms in total. The molecule has 0 unspecified atom stereocenters. The van der Waals surface area contributed by atoms with Gasteiger partial charge in [0.05, 0.1) is 5.69 Å². The van der Waals surface area contributed by atoms with Crippen molar-refractivity contribution in [2.24, 2.45) is 15.5 Å². The maximum absolute atomic E-state index is 13.1. The Kier molecular flexibility index (Phi) is 4.38. The van der Waals surface area contributed by atoms with Gasteiger partial charge < -0.3 is 4.90 Å². The van der Waals surface area contributed by atoms with Gasteiger partial charge in [0.25, 0.3) is 5.96 Å². The standard InChI is InChI=1S/C21H16ClF3N6/c1-30(15-5-9-26-14(11-15)4-6-20(7-8-20)21(23,24)25)18-16-3-2-13(22)10-17(16)31-12-27-29-19(31)28-18/h2-3,5,9-11,27H,7-8,12H2,1H3. The Labute approximate surface area is 181 Å². The first kappa shape index (κ1) is 19.7. The molecule has 158 valence electrons. The molecule has 1 N–H and O–H groups in total. The lowest BCUT2D eigenvalue weighted by Crippen LogP contribution is -2.39. The minimum absolute atomic E-state index is 0.0336. The van der Waals surface area contributed by atoms with Gasteiger partial charge in [-0.25, -0.2) is 4.98 Å². The van der Waals surface area contributed by atoms with Gasteiger partial charge in [0, 0.05) is 29.5 Å². The summed E-state index contributed by atoms with van der Waals surface area (Å²) in [5.41, 5.74) is 3.70. The van der Waals surface area contributed by atoms with E-state index in [9.17, 15) is 13.2 Å². The number of fused-ring (bicyclic) bond motifs is 3. The number of amidine groups is 1. The molecule has 2 aliphatic heterocycles. The summed E-state index contributed by atoms with van der Waals surface area (Å²) >= 11 is 6.20. The van der Waals surface area contributed by atoms with Gasteiger partial charge in [0.2, 0.25) is 0 Å². The number of nitrogens with zero attached hydrogens (tertiary/aromatic N) is 5. The lowest BCUT2D eigenvalue weighted by Gasteiger charge is -2.30. The Morgan fingerprint density at radius 2 is 2.03 bits per heavy atom. The second-order valence-electron chi connectivity index (χ2n) is 7.54. The van der Waals surface area contributed by atoms with Crippen LogP contribution in [0.3, 0.4) is 0 Å². The predicted octanol–water partition coefficient (Wildman–Crippen LogP) is 3.96. The van der Waals surface area contributed by atoms with Crippen molar-refractivity contribution in [1.29, 1.82) is 0 Å². The van der Waals surface area contributed by atoms with Crippen LogP contribution in [-0.4, -0.2) is 36.7 Å². The van der Waals surface area contributed by atoms with Crippen LogP contribution >= 0.6 is 11.6 Å². The van der Waals surface area contributed by atoms with Crippen molar-refractivity contribution in [2.45, 2.75) is 19.0 Å². The van der Waals surface area contributed by atoms with Gasteiger partial charge in [-0.2, -0.15) is 18.2 Å². The van der Waals surface area contributed by atoms with Gasteiger partial charge in [-0.1, -0.05) is 17.5 Å². The molecule has 0 radical (unpaired) electrons. The van der Waals surface area contributed by atoms with E-state index in [-0.39, 0.29) is 18.5 Å². The van der Waals surface area contributed by atoms with Crippen LogP contribution in [0.1, 0.15) is 24.1 Å². The van der Waals surface area contributed by atoms with Crippen LogP contribution < -0.4 is 15.2 Å². The summed E-state index contributed by atoms with van der Waals surface area (Å²) in [6.07, 6.45) is -2.73. The number of aromatic nitrogens is 1. The van der Waals surface area contributed by atoms with Crippen molar-refractivity contribution in [3.63, 3.8) is 0 Å². The number of hydrogen-bond acceptors (Lipinski definition) is 6. The van der Waals surface area contributed by atoms with Gasteiger partial charge in [0.15, 0.2) is 0 Å². The average Bonchev–Trinajstić information content (AvgIpc) is 3.41. The highest BCUT2D eigenvalue weighted by atomic mass is 35.5. The van der Waals surface area contributed by atoms with E-state index in [2.05, 4.69) is 32.3 Å². The minimum atomic E-state index is -4.32. The highest BCUT2D eigenvalue weighted by Gasteiger charge is 2.62. The molecule has 1 aromatic heterocycles. The zero-order valence-electron chi connectivity index (χ0n) is 16.3. The van der Waals surface area contributed by atoms with Crippen molar-refractivity contribution >= 4 is 34.8 Å². The Hall–Kier alpha value is -3.25. The second-order valence-corrected chi connectivity index (χ2v) is 7.98. The summed E-state index contributed by atoms with van der Waals surface area (Å²) in [5, 5.41) is 4.80. The fourth-order valence-corrected chi connectivity index (χ4v) is 3.69. The van der Waals surface area contributed by atoms with Gasteiger partial charge in [-0.05, 0) is 49.1 Å². The normalized spacial score (nSPS) is 18.0. The van der Waals surface area contributed by atoms with Gasteiger partial charge >= 0.3 is 6.18 Å². The minimum Gasteiger partial charge on any atom is -0.329 e. The summed E-state index contributed by atoms with van der Waals surface area (Å²) in [6, 6.07) is 8.91. The van der Waals surface area contributed by atoms with Crippen molar-refractivity contribution in [2.75, 3.05) is 23.5 Å². The van der Waals surface area contributed by atoms with Crippen LogP contribution in [-0.2, 0) is 0 Å². The van der Waals surface area contributed by atoms with E-state index in [1.54, 1.807) is 18.2 Å². The molecule has 3 heterocycles. The van der Waals surface area contributed by atoms with E-state index in [0.29, 0.717) is 29.2 Å². The third-order valence-electron chi connectivity index (χ3n) is 5.52. The fraction of sp³-hybridized carbons (Fsp3) is 0.286. The number of aliphatic imine (C=N–C) groups is 1. The molecule has 31 heavy (non-hydrogen) atoms. The van der Waals surface area contributed by atoms with Crippen molar-refractivity contribution in [1.82, 2.24) is 10.4 Å². The van der Waals surface area contributed by atoms with E-state index in [1.807, 2.05) is 29.0 Å². The first-order valence-corrected chi connectivity index (χ1v) is 9.92. The third kappa shape index (κ3) is 3.37. The number of guanidine groups is 1. The molecule has 1 fully saturated rings. The van der Waals surface area contributed by atoms with E-state index in [4.69, 9.17) is 11.6 Å². The first-order chi connectivity index (χ1) is 14.8. The maximum atomic E-state index is 13.1. The molecule has 5 rings (SSSR count). The zero-order chi connectivity index (χ0) is 21.8. The van der Waals surface area contributed by atoms with Crippen LogP contribution in [0.25, 0.3) is 0 Å². The van der Waals surface area contributed by atoms with Crippen LogP contribution in [0.5, 0.6) is 0 Å². The number of benzene rings is 1. The zero-order valence-corrected chi connectivity index (χ0v) is 17.1. The highest BCUT2D eigenvalue weighted by Crippen LogP contribution is 2.57. The highest BCUT2D eigenvalue weighted by molar-refractivity contribution is 6.32. The number of hydrogen-bond donors (Lipinski definition) is 1. The summed E-state index contributed by atoms with van der Waals surface area (Å²) in [5.74, 6) is 6.13. The largest absolute Gasteiger partial charge is 0.405 e. The van der Waals surface area contributed by atoms with Crippen molar-refractivity contribution in [3.05, 3.63) is 52.8 Å². The molecule has 0 amide bonds. The predicted molar refractivity (Wildman–Crippen MR) is 113 cm³/mol. The van der Waals surface area contributed by atoms with Gasteiger partial charge in [0.1, 0.15) is 23.6 Å². The summed E-state index contributed by atoms with van der Waals surface area (Å²) in [7, 11) is 1.82. The molecular weight excluding hydrogens is 429 g/mol. The lowest BCUT2D eigenvalue weighted by molar-refractivity contribution is -0.168. The molecule has 0 bridgehead atoms. The monoisotopic (exact) mass is 444 g/mol. The Morgan fingerprint density at radius 1 is 1.23 bits per heavy atom. The molecule has 1 saturated carbocycles. The maximum Gasteiger partial charge on any atom is 0.405 e. The topological polar surface area (TPSA) is 56.1 Å². The first-order valence-electron chi connectivity index (χ1n) is 9.54. The van der Waals surface area contributed by atoms with E-state index in [0.717, 1.165) is 11.3 Å². The second kappa shape index (κ2) is 6.89. The van der Waals surface area contributed by atoms with Crippen LogP contribution in [0.15, 0.2) is 46.6 Å². The summed E-state index contributed by atoms with van der Waals surface area (Å²) in [4.78, 5) is 12.5. The van der Waals surface area contributed by atoms with E-state index < -0.39 is 11.6 Å². The molecule has 0 saturated heterocycles. The summed E-state index contributed by atoms with van der Waals surface area (Å²) in [6.45, 7) is 0.485. The Bertz CT molecular complexity index is 1190. The number of halogens is 4. The number of alkyl halides is 3. The molecule has 1 aromatic carbocycles. The summed E-state index contributed by atoms with van der Waals surface area (Å²) < 4.78 is 39.4. The quantitative estimate of drug-likeness (QED) is 0.676. The van der Waals surface area contributed by atoms with Gasteiger partial charge in [-0.3, -0.25) is 10.3 Å². The van der Waals surface area contributed by atoms with E-state index >= 15 is 0 Å². The lowest BCUT2D eigenvalue weighted by atomic mass is 10.1. The molecule has 1 aliphatic carbocycles. The molecule has 3 aliphatic rings. The number of pyridine rings is 1. The van der Waals surface area contributed by atoms with E-state index in [1.165, 1.54) is 6.20 Å². The smallest absolute Gasteiger partial charge is 0.329 e. The molecule has 10 heteroatoms. The fourth-order valence-electron chi connectivity index (χ4n) is 3.52. The van der Waals surface area contributed by atoms with Gasteiger partial charge in [-0.15, -0.1) is 5.10 Å². The SMILES string of the molecule is CN(C1=NC2=NNCN2c2cc(Cl)ccc21)c1ccnc(C#CC2(C(F)(F)F)CC2)c1. The Morgan fingerprint density at radius 3 is 2.77 bits per heavy atom. The van der Waals surface area contributed by atoms with Crippen molar-refractivity contribution in [3.8, 4) is 11.8 Å². The number of rotatable bonds is 1. The third-order valence-corrected chi connectivity index (χ3v) is 5.75. The van der Waals surface area contributed by atoms with Crippen molar-refractivity contribution < 1.29 is 13.2 Å². The molecule has 0 atom stereocenters. The number of anilines is 2. The molecule has 0 spiro atoms. The Balaban J connectivity index is 1.49. The number of hydrazone groups is 1. The van der Waals surface area contributed by atoms with Crippen LogP contribution in [0, 0.1) is 17.3 Å². The molecule has 2 aromatic rings. The van der Waals surface area contributed by atoms with Crippen LogP contribution in [0.2, 0.25) is 5.02 Å². The molecular formula is C21H16ClF3N6.